The Hall–Kier alpha value is -1.72. The van der Waals surface area contributed by atoms with Crippen LogP contribution >= 0.6 is 11.6 Å². The van der Waals surface area contributed by atoms with Crippen LogP contribution in [-0.4, -0.2) is 11.5 Å². The van der Waals surface area contributed by atoms with Crippen molar-refractivity contribution in [3.05, 3.63) is 53.1 Å². The maximum Gasteiger partial charge on any atom is 0.573 e. The molecule has 0 aliphatic heterocycles. The molecule has 6 heteroatoms. The molecule has 2 aromatic rings. The molecule has 0 aromatic heterocycles. The SMILES string of the molecule is OCc1cc(-c2ccccc2OC(F)(F)F)ccc1Cl. The average molecular weight is 303 g/mol. The number of benzene rings is 2. The zero-order chi connectivity index (χ0) is 14.8. The van der Waals surface area contributed by atoms with Gasteiger partial charge >= 0.3 is 6.36 Å². The van der Waals surface area contributed by atoms with Gasteiger partial charge in [0.15, 0.2) is 0 Å². The van der Waals surface area contributed by atoms with Crippen LogP contribution in [0.3, 0.4) is 0 Å². The molecular weight excluding hydrogens is 293 g/mol. The largest absolute Gasteiger partial charge is 0.573 e. The van der Waals surface area contributed by atoms with Gasteiger partial charge in [-0.1, -0.05) is 35.9 Å². The Labute approximate surface area is 118 Å². The van der Waals surface area contributed by atoms with Gasteiger partial charge in [-0.15, -0.1) is 13.2 Å². The third kappa shape index (κ3) is 3.43. The molecule has 0 heterocycles. The first kappa shape index (κ1) is 14.7. The molecule has 2 rings (SSSR count). The van der Waals surface area contributed by atoms with Crippen molar-refractivity contribution in [3.63, 3.8) is 0 Å². The molecular formula is C14H10ClF3O2. The number of para-hydroxylation sites is 1. The summed E-state index contributed by atoms with van der Waals surface area (Å²) in [5.74, 6) is -0.300. The summed E-state index contributed by atoms with van der Waals surface area (Å²) in [7, 11) is 0. The predicted molar refractivity (Wildman–Crippen MR) is 69.5 cm³/mol. The fourth-order valence-electron chi connectivity index (χ4n) is 1.78. The number of aliphatic hydroxyl groups is 1. The van der Waals surface area contributed by atoms with E-state index in [1.165, 1.54) is 30.3 Å². The van der Waals surface area contributed by atoms with Crippen molar-refractivity contribution in [2.45, 2.75) is 13.0 Å². The zero-order valence-corrected chi connectivity index (χ0v) is 10.9. The van der Waals surface area contributed by atoms with Crippen LogP contribution in [0.5, 0.6) is 5.75 Å². The van der Waals surface area contributed by atoms with Gasteiger partial charge in [0.1, 0.15) is 5.75 Å². The van der Waals surface area contributed by atoms with Gasteiger partial charge in [-0.05, 0) is 29.3 Å². The molecule has 2 aromatic carbocycles. The first-order valence-corrected chi connectivity index (χ1v) is 6.03. The average Bonchev–Trinajstić information content (AvgIpc) is 2.38. The number of hydrogen-bond acceptors (Lipinski definition) is 2. The Kier molecular flexibility index (Phi) is 4.20. The summed E-state index contributed by atoms with van der Waals surface area (Å²) in [6, 6.07) is 10.4. The van der Waals surface area contributed by atoms with Crippen LogP contribution < -0.4 is 4.74 Å². The van der Waals surface area contributed by atoms with E-state index in [-0.39, 0.29) is 17.9 Å². The van der Waals surface area contributed by atoms with Crippen molar-refractivity contribution in [1.29, 1.82) is 0 Å². The van der Waals surface area contributed by atoms with Crippen molar-refractivity contribution in [2.75, 3.05) is 0 Å². The van der Waals surface area contributed by atoms with Gasteiger partial charge in [0.25, 0.3) is 0 Å². The molecule has 0 bridgehead atoms. The number of rotatable bonds is 3. The van der Waals surface area contributed by atoms with Gasteiger partial charge in [-0.25, -0.2) is 0 Å². The second-order valence-corrected chi connectivity index (χ2v) is 4.42. The minimum Gasteiger partial charge on any atom is -0.405 e. The van der Waals surface area contributed by atoms with E-state index in [4.69, 9.17) is 16.7 Å². The first-order chi connectivity index (χ1) is 9.40. The normalized spacial score (nSPS) is 11.4. The van der Waals surface area contributed by atoms with E-state index in [0.29, 0.717) is 16.1 Å². The van der Waals surface area contributed by atoms with Gasteiger partial charge in [-0.2, -0.15) is 0 Å². The van der Waals surface area contributed by atoms with Crippen LogP contribution in [-0.2, 0) is 6.61 Å². The molecule has 0 spiro atoms. The van der Waals surface area contributed by atoms with Gasteiger partial charge < -0.3 is 9.84 Å². The Bertz CT molecular complexity index is 612. The summed E-state index contributed by atoms with van der Waals surface area (Å²) >= 11 is 5.86. The van der Waals surface area contributed by atoms with Crippen LogP contribution in [0.1, 0.15) is 5.56 Å². The second-order valence-electron chi connectivity index (χ2n) is 4.01. The molecule has 106 valence electrons. The molecule has 20 heavy (non-hydrogen) atoms. The van der Waals surface area contributed by atoms with Crippen LogP contribution in [0.25, 0.3) is 11.1 Å². The van der Waals surface area contributed by atoms with E-state index in [1.807, 2.05) is 0 Å². The van der Waals surface area contributed by atoms with Gasteiger partial charge in [0.05, 0.1) is 6.61 Å². The van der Waals surface area contributed by atoms with Crippen molar-refractivity contribution < 1.29 is 23.0 Å². The highest BCUT2D eigenvalue weighted by atomic mass is 35.5. The van der Waals surface area contributed by atoms with Crippen LogP contribution in [0.2, 0.25) is 5.02 Å². The highest BCUT2D eigenvalue weighted by molar-refractivity contribution is 6.31. The smallest absolute Gasteiger partial charge is 0.405 e. The molecule has 2 nitrogen and oxygen atoms in total. The summed E-state index contributed by atoms with van der Waals surface area (Å²) in [6.07, 6.45) is -4.76. The predicted octanol–water partition coefficient (Wildman–Crippen LogP) is 4.40. The molecule has 0 saturated carbocycles. The van der Waals surface area contributed by atoms with Crippen molar-refractivity contribution in [1.82, 2.24) is 0 Å². The zero-order valence-electron chi connectivity index (χ0n) is 10.1. The van der Waals surface area contributed by atoms with Gasteiger partial charge in [-0.3, -0.25) is 0 Å². The highest BCUT2D eigenvalue weighted by Gasteiger charge is 2.32. The van der Waals surface area contributed by atoms with E-state index < -0.39 is 6.36 Å². The third-order valence-electron chi connectivity index (χ3n) is 2.64. The number of alkyl halides is 3. The maximum atomic E-state index is 12.4. The molecule has 0 saturated heterocycles. The standard InChI is InChI=1S/C14H10ClF3O2/c15-12-6-5-9(7-10(12)8-19)11-3-1-2-4-13(11)20-14(16,17)18/h1-7,19H,8H2. The third-order valence-corrected chi connectivity index (χ3v) is 3.01. The lowest BCUT2D eigenvalue weighted by molar-refractivity contribution is -0.274. The lowest BCUT2D eigenvalue weighted by Gasteiger charge is -2.14. The Balaban J connectivity index is 2.47. The van der Waals surface area contributed by atoms with E-state index in [2.05, 4.69) is 4.74 Å². The summed E-state index contributed by atoms with van der Waals surface area (Å²) < 4.78 is 41.1. The van der Waals surface area contributed by atoms with Gasteiger partial charge in [0, 0.05) is 10.6 Å². The lowest BCUT2D eigenvalue weighted by Crippen LogP contribution is -2.17. The molecule has 0 atom stereocenters. The first-order valence-electron chi connectivity index (χ1n) is 5.65. The van der Waals surface area contributed by atoms with Crippen molar-refractivity contribution in [3.8, 4) is 16.9 Å². The second kappa shape index (κ2) is 5.73. The summed E-state index contributed by atoms with van der Waals surface area (Å²) in [4.78, 5) is 0. The molecule has 1 N–H and O–H groups in total. The molecule has 0 unspecified atom stereocenters. The minimum absolute atomic E-state index is 0.274. The van der Waals surface area contributed by atoms with E-state index >= 15 is 0 Å². The number of halogens is 4. The molecule has 0 aliphatic rings. The number of ether oxygens (including phenoxy) is 1. The van der Waals surface area contributed by atoms with E-state index in [9.17, 15) is 13.2 Å². The van der Waals surface area contributed by atoms with E-state index in [1.54, 1.807) is 12.1 Å². The Morgan fingerprint density at radius 2 is 1.80 bits per heavy atom. The fourth-order valence-corrected chi connectivity index (χ4v) is 1.96. The lowest BCUT2D eigenvalue weighted by atomic mass is 10.0. The summed E-state index contributed by atoms with van der Waals surface area (Å²) in [5.41, 5.74) is 1.19. The quantitative estimate of drug-likeness (QED) is 0.910. The molecule has 0 fully saturated rings. The Morgan fingerprint density at radius 3 is 2.45 bits per heavy atom. The topological polar surface area (TPSA) is 29.5 Å². The highest BCUT2D eigenvalue weighted by Crippen LogP contribution is 2.35. The summed E-state index contributed by atoms with van der Waals surface area (Å²) in [6.45, 7) is -0.297. The van der Waals surface area contributed by atoms with Gasteiger partial charge in [0.2, 0.25) is 0 Å². The van der Waals surface area contributed by atoms with Crippen molar-refractivity contribution in [2.24, 2.45) is 0 Å². The molecule has 0 amide bonds. The Morgan fingerprint density at radius 1 is 1.10 bits per heavy atom. The minimum atomic E-state index is -4.76. The maximum absolute atomic E-state index is 12.4. The van der Waals surface area contributed by atoms with E-state index in [0.717, 1.165) is 0 Å². The van der Waals surface area contributed by atoms with Crippen LogP contribution in [0.15, 0.2) is 42.5 Å². The van der Waals surface area contributed by atoms with Crippen LogP contribution in [0.4, 0.5) is 13.2 Å². The van der Waals surface area contributed by atoms with Crippen LogP contribution in [0, 0.1) is 0 Å². The van der Waals surface area contributed by atoms with Crippen molar-refractivity contribution >= 4 is 11.6 Å². The molecule has 0 radical (unpaired) electrons. The monoisotopic (exact) mass is 302 g/mol. The molecule has 0 aliphatic carbocycles. The number of aliphatic hydroxyl groups excluding tert-OH is 1. The summed E-state index contributed by atoms with van der Waals surface area (Å²) in [5, 5.41) is 9.50. The fraction of sp³-hybridized carbons (Fsp3) is 0.143. The number of hydrogen-bond donors (Lipinski definition) is 1.